The van der Waals surface area contributed by atoms with Gasteiger partial charge in [-0.2, -0.15) is 5.10 Å². The summed E-state index contributed by atoms with van der Waals surface area (Å²) < 4.78 is 1.79. The molecule has 0 fully saturated rings. The fraction of sp³-hybridized carbons (Fsp3) is 0.174. The van der Waals surface area contributed by atoms with Crippen LogP contribution in [0.25, 0.3) is 10.2 Å². The second-order valence-corrected chi connectivity index (χ2v) is 8.44. The third kappa shape index (κ3) is 3.07. The maximum Gasteiger partial charge on any atom is 0.265 e. The van der Waals surface area contributed by atoms with Crippen LogP contribution < -0.4 is 10.2 Å². The number of rotatable bonds is 3. The van der Waals surface area contributed by atoms with Gasteiger partial charge in [-0.15, -0.1) is 11.3 Å². The number of amides is 2. The first-order chi connectivity index (χ1) is 14.5. The Bertz CT molecular complexity index is 1250. The predicted octanol–water partition coefficient (Wildman–Crippen LogP) is 4.40. The molecule has 30 heavy (non-hydrogen) atoms. The molecule has 2 aromatic heterocycles. The van der Waals surface area contributed by atoms with Gasteiger partial charge in [0.15, 0.2) is 0 Å². The zero-order valence-electron chi connectivity index (χ0n) is 16.7. The second kappa shape index (κ2) is 7.11. The van der Waals surface area contributed by atoms with Crippen LogP contribution in [-0.4, -0.2) is 28.1 Å². The Hall–Kier alpha value is -3.45. The average Bonchev–Trinajstić information content (AvgIpc) is 3.44. The molecule has 0 bridgehead atoms. The minimum absolute atomic E-state index is 0.0229. The number of nitrogens with one attached hydrogen (secondary N) is 1. The lowest BCUT2D eigenvalue weighted by Crippen LogP contribution is -2.28. The molecule has 3 heterocycles. The van der Waals surface area contributed by atoms with E-state index in [9.17, 15) is 9.59 Å². The lowest BCUT2D eigenvalue weighted by Gasteiger charge is -2.17. The Morgan fingerprint density at radius 1 is 1.10 bits per heavy atom. The summed E-state index contributed by atoms with van der Waals surface area (Å²) in [6.45, 7) is 2.63. The molecule has 2 amide bonds. The summed E-state index contributed by atoms with van der Waals surface area (Å²) in [4.78, 5) is 29.0. The smallest absolute Gasteiger partial charge is 0.265 e. The van der Waals surface area contributed by atoms with Gasteiger partial charge in [-0.3, -0.25) is 14.3 Å². The maximum atomic E-state index is 12.9. The normalized spacial score (nSPS) is 12.9. The monoisotopic (exact) mass is 416 g/mol. The first-order valence-corrected chi connectivity index (χ1v) is 10.6. The van der Waals surface area contributed by atoms with Crippen molar-refractivity contribution in [3.63, 3.8) is 0 Å². The number of nitrogens with zero attached hydrogens (tertiary/aromatic N) is 3. The summed E-state index contributed by atoms with van der Waals surface area (Å²) in [6.07, 6.45) is 0.875. The molecule has 4 aromatic rings. The van der Waals surface area contributed by atoms with Crippen LogP contribution in [0.5, 0.6) is 0 Å². The van der Waals surface area contributed by atoms with Crippen molar-refractivity contribution in [1.29, 1.82) is 0 Å². The highest BCUT2D eigenvalue weighted by Gasteiger charge is 2.25. The summed E-state index contributed by atoms with van der Waals surface area (Å²) in [5.74, 6) is -0.187. The number of carbonyl (C=O) groups is 2. The topological polar surface area (TPSA) is 67.2 Å². The van der Waals surface area contributed by atoms with E-state index in [1.807, 2.05) is 43.1 Å². The zero-order valence-corrected chi connectivity index (χ0v) is 17.5. The Balaban J connectivity index is 1.32. The highest BCUT2D eigenvalue weighted by Crippen LogP contribution is 2.30. The number of aromatic nitrogens is 2. The highest BCUT2D eigenvalue weighted by atomic mass is 32.1. The standard InChI is InChI=1S/C23H20N4O2S/c1-14-18-13-20(30-23(18)26(2)25-14)21(28)24-17-9-7-16(8-10-17)22(29)27-12-11-15-5-3-4-6-19(15)27/h3-10,13H,11-12H2,1-2H3,(H,24,28). The van der Waals surface area contributed by atoms with E-state index in [0.29, 0.717) is 22.7 Å². The van der Waals surface area contributed by atoms with E-state index in [2.05, 4.69) is 16.5 Å². The van der Waals surface area contributed by atoms with Gasteiger partial charge in [-0.1, -0.05) is 18.2 Å². The quantitative estimate of drug-likeness (QED) is 0.538. The number of anilines is 2. The van der Waals surface area contributed by atoms with Crippen LogP contribution >= 0.6 is 11.3 Å². The number of benzene rings is 2. The molecule has 0 aliphatic carbocycles. The van der Waals surface area contributed by atoms with E-state index < -0.39 is 0 Å². The summed E-state index contributed by atoms with van der Waals surface area (Å²) in [5, 5.41) is 8.28. The average molecular weight is 417 g/mol. The van der Waals surface area contributed by atoms with Gasteiger partial charge < -0.3 is 10.2 Å². The fourth-order valence-electron chi connectivity index (χ4n) is 3.91. The summed E-state index contributed by atoms with van der Waals surface area (Å²) >= 11 is 1.42. The van der Waals surface area contributed by atoms with Gasteiger partial charge in [0, 0.05) is 35.9 Å². The van der Waals surface area contributed by atoms with E-state index in [1.54, 1.807) is 28.9 Å². The molecule has 0 saturated heterocycles. The van der Waals surface area contributed by atoms with Crippen molar-refractivity contribution in [1.82, 2.24) is 9.78 Å². The molecular weight excluding hydrogens is 396 g/mol. The van der Waals surface area contributed by atoms with E-state index in [1.165, 1.54) is 16.9 Å². The van der Waals surface area contributed by atoms with Crippen LogP contribution in [-0.2, 0) is 13.5 Å². The number of aryl methyl sites for hydroxylation is 2. The second-order valence-electron chi connectivity index (χ2n) is 7.41. The first-order valence-electron chi connectivity index (χ1n) is 9.75. The third-order valence-electron chi connectivity index (χ3n) is 5.44. The highest BCUT2D eigenvalue weighted by molar-refractivity contribution is 7.20. The van der Waals surface area contributed by atoms with Crippen LogP contribution in [0.1, 0.15) is 31.3 Å². The Morgan fingerprint density at radius 2 is 1.87 bits per heavy atom. The van der Waals surface area contributed by atoms with Crippen LogP contribution in [0.3, 0.4) is 0 Å². The molecule has 6 nitrogen and oxygen atoms in total. The van der Waals surface area contributed by atoms with Crippen molar-refractivity contribution < 1.29 is 9.59 Å². The van der Waals surface area contributed by atoms with Crippen molar-refractivity contribution >= 4 is 44.7 Å². The Labute approximate surface area is 177 Å². The number of thiophene rings is 1. The van der Waals surface area contributed by atoms with Crippen LogP contribution in [0.2, 0.25) is 0 Å². The van der Waals surface area contributed by atoms with Crippen LogP contribution in [0, 0.1) is 6.92 Å². The van der Waals surface area contributed by atoms with Gasteiger partial charge in [0.1, 0.15) is 4.83 Å². The largest absolute Gasteiger partial charge is 0.321 e. The van der Waals surface area contributed by atoms with Gasteiger partial charge >= 0.3 is 0 Å². The SMILES string of the molecule is Cc1nn(C)c2sc(C(=O)Nc3ccc(C(=O)N4CCc5ccccc54)cc3)cc12. The molecule has 7 heteroatoms. The van der Waals surface area contributed by atoms with Crippen molar-refractivity contribution in [3.8, 4) is 0 Å². The number of para-hydroxylation sites is 1. The molecular formula is C23H20N4O2S. The van der Waals surface area contributed by atoms with E-state index in [0.717, 1.165) is 28.0 Å². The van der Waals surface area contributed by atoms with Crippen molar-refractivity contribution in [3.05, 3.63) is 76.3 Å². The molecule has 0 spiro atoms. The molecule has 0 unspecified atom stereocenters. The van der Waals surface area contributed by atoms with Crippen molar-refractivity contribution in [2.75, 3.05) is 16.8 Å². The zero-order chi connectivity index (χ0) is 20.8. The summed E-state index contributed by atoms with van der Waals surface area (Å²) in [6, 6.07) is 16.9. The van der Waals surface area contributed by atoms with Crippen LogP contribution in [0.4, 0.5) is 11.4 Å². The summed E-state index contributed by atoms with van der Waals surface area (Å²) in [7, 11) is 1.88. The van der Waals surface area contributed by atoms with Gasteiger partial charge in [0.25, 0.3) is 11.8 Å². The molecule has 0 saturated carbocycles. The van der Waals surface area contributed by atoms with E-state index in [4.69, 9.17) is 0 Å². The third-order valence-corrected chi connectivity index (χ3v) is 6.64. The number of hydrogen-bond donors (Lipinski definition) is 1. The first kappa shape index (κ1) is 18.6. The lowest BCUT2D eigenvalue weighted by atomic mass is 10.1. The van der Waals surface area contributed by atoms with Crippen molar-refractivity contribution in [2.45, 2.75) is 13.3 Å². The molecule has 1 N–H and O–H groups in total. The van der Waals surface area contributed by atoms with E-state index in [-0.39, 0.29) is 11.8 Å². The van der Waals surface area contributed by atoms with Crippen molar-refractivity contribution in [2.24, 2.45) is 7.05 Å². The lowest BCUT2D eigenvalue weighted by molar-refractivity contribution is 0.0988. The van der Waals surface area contributed by atoms with E-state index >= 15 is 0 Å². The molecule has 150 valence electrons. The number of hydrogen-bond acceptors (Lipinski definition) is 4. The molecule has 2 aromatic carbocycles. The maximum absolute atomic E-state index is 12.9. The summed E-state index contributed by atoms with van der Waals surface area (Å²) in [5.41, 5.74) is 4.35. The number of carbonyl (C=O) groups excluding carboxylic acids is 2. The minimum Gasteiger partial charge on any atom is -0.321 e. The van der Waals surface area contributed by atoms with Gasteiger partial charge in [0.05, 0.1) is 10.6 Å². The fourth-order valence-corrected chi connectivity index (χ4v) is 4.93. The molecule has 1 aliphatic heterocycles. The van der Waals surface area contributed by atoms with Gasteiger partial charge in [-0.25, -0.2) is 0 Å². The number of fused-ring (bicyclic) bond motifs is 2. The Morgan fingerprint density at radius 3 is 2.63 bits per heavy atom. The Kier molecular flexibility index (Phi) is 4.40. The molecule has 1 aliphatic rings. The molecule has 5 rings (SSSR count). The van der Waals surface area contributed by atoms with Gasteiger partial charge in [0.2, 0.25) is 0 Å². The minimum atomic E-state index is -0.164. The molecule has 0 atom stereocenters. The van der Waals surface area contributed by atoms with Crippen LogP contribution in [0.15, 0.2) is 54.6 Å². The van der Waals surface area contributed by atoms with Gasteiger partial charge in [-0.05, 0) is 55.3 Å². The molecule has 0 radical (unpaired) electrons. The predicted molar refractivity (Wildman–Crippen MR) is 120 cm³/mol.